The van der Waals surface area contributed by atoms with Crippen molar-refractivity contribution in [2.45, 2.75) is 6.54 Å². The molecule has 0 aliphatic carbocycles. The molecule has 0 fully saturated rings. The number of fused-ring (bicyclic) bond motifs is 1. The predicted molar refractivity (Wildman–Crippen MR) is 67.3 cm³/mol. The Hall–Kier alpha value is -1.89. The van der Waals surface area contributed by atoms with Gasteiger partial charge in [0.1, 0.15) is 6.54 Å². The lowest BCUT2D eigenvalue weighted by molar-refractivity contribution is -0.126. The summed E-state index contributed by atoms with van der Waals surface area (Å²) in [7, 11) is -2.28. The van der Waals surface area contributed by atoms with Gasteiger partial charge >= 0.3 is 0 Å². The number of rotatable bonds is 3. The molecule has 1 aromatic heterocycles. The monoisotopic (exact) mass is 267 g/mol. The van der Waals surface area contributed by atoms with Gasteiger partial charge in [-0.3, -0.25) is 9.48 Å². The second-order valence-electron chi connectivity index (χ2n) is 3.99. The van der Waals surface area contributed by atoms with Gasteiger partial charge in [0.15, 0.2) is 0 Å². The molecular formula is C11H13N3O3S. The Balaban J connectivity index is 2.27. The van der Waals surface area contributed by atoms with Crippen LogP contribution in [0.4, 0.5) is 0 Å². The molecule has 7 heteroatoms. The Morgan fingerprint density at radius 1 is 1.39 bits per heavy atom. The third kappa shape index (κ3) is 2.35. The normalized spacial score (nSPS) is 11.7. The number of hydrogen-bond acceptors (Lipinski definition) is 4. The van der Waals surface area contributed by atoms with E-state index < -0.39 is 15.9 Å². The van der Waals surface area contributed by atoms with Crippen molar-refractivity contribution in [1.29, 1.82) is 0 Å². The Kier molecular flexibility index (Phi) is 3.08. The van der Waals surface area contributed by atoms with E-state index in [9.17, 15) is 13.2 Å². The average molecular weight is 267 g/mol. The predicted octanol–water partition coefficient (Wildman–Crippen LogP) is 0.454. The summed E-state index contributed by atoms with van der Waals surface area (Å²) in [6.45, 7) is -0.100. The maximum absolute atomic E-state index is 11.8. The number of aromatic nitrogens is 2. The summed E-state index contributed by atoms with van der Waals surface area (Å²) in [4.78, 5) is 11.8. The highest BCUT2D eigenvalue weighted by Gasteiger charge is 2.19. The van der Waals surface area contributed by atoms with Crippen LogP contribution in [-0.4, -0.2) is 41.7 Å². The van der Waals surface area contributed by atoms with Crippen molar-refractivity contribution in [3.63, 3.8) is 0 Å². The maximum Gasteiger partial charge on any atom is 0.257 e. The molecule has 6 nitrogen and oxygen atoms in total. The Morgan fingerprint density at radius 3 is 2.72 bits per heavy atom. The Labute approximate surface area is 105 Å². The van der Waals surface area contributed by atoms with E-state index in [1.54, 1.807) is 6.20 Å². The molecule has 0 saturated heterocycles. The second kappa shape index (κ2) is 4.41. The summed E-state index contributed by atoms with van der Waals surface area (Å²) in [6, 6.07) is 7.42. The fourth-order valence-corrected chi connectivity index (χ4v) is 1.99. The van der Waals surface area contributed by atoms with Crippen LogP contribution in [0.25, 0.3) is 10.9 Å². The van der Waals surface area contributed by atoms with Crippen LogP contribution in [-0.2, 0) is 21.4 Å². The number of hydrogen-bond donors (Lipinski definition) is 0. The molecule has 0 unspecified atom stereocenters. The van der Waals surface area contributed by atoms with Crippen molar-refractivity contribution < 1.29 is 13.2 Å². The topological polar surface area (TPSA) is 72.3 Å². The van der Waals surface area contributed by atoms with Crippen molar-refractivity contribution in [3.8, 4) is 0 Å². The number of benzene rings is 1. The average Bonchev–Trinajstić information content (AvgIpc) is 2.70. The highest BCUT2D eigenvalue weighted by molar-refractivity contribution is 7.88. The standard InChI is InChI=1S/C11H13N3O3S/c1-13(18(2,16)17)11(15)8-14-10-6-4-3-5-9(10)7-12-14/h3-7H,8H2,1-2H3. The zero-order chi connectivity index (χ0) is 13.3. The van der Waals surface area contributed by atoms with Gasteiger partial charge in [-0.05, 0) is 6.07 Å². The van der Waals surface area contributed by atoms with E-state index in [0.717, 1.165) is 21.5 Å². The van der Waals surface area contributed by atoms with Crippen LogP contribution in [0.2, 0.25) is 0 Å². The van der Waals surface area contributed by atoms with Gasteiger partial charge in [-0.15, -0.1) is 0 Å². The van der Waals surface area contributed by atoms with Crippen LogP contribution in [0.1, 0.15) is 0 Å². The van der Waals surface area contributed by atoms with Crippen LogP contribution in [0, 0.1) is 0 Å². The first-order chi connectivity index (χ1) is 8.39. The van der Waals surface area contributed by atoms with Gasteiger partial charge in [-0.2, -0.15) is 5.10 Å². The molecule has 1 aromatic carbocycles. The number of para-hydroxylation sites is 1. The van der Waals surface area contributed by atoms with Crippen LogP contribution < -0.4 is 0 Å². The largest absolute Gasteiger partial charge is 0.272 e. The fraction of sp³-hybridized carbons (Fsp3) is 0.273. The number of nitrogens with zero attached hydrogens (tertiary/aromatic N) is 3. The van der Waals surface area contributed by atoms with Crippen LogP contribution in [0.5, 0.6) is 0 Å². The van der Waals surface area contributed by atoms with E-state index in [1.165, 1.54) is 11.7 Å². The summed E-state index contributed by atoms with van der Waals surface area (Å²) in [5.41, 5.74) is 0.799. The fourth-order valence-electron chi connectivity index (χ4n) is 1.56. The zero-order valence-corrected chi connectivity index (χ0v) is 10.9. The van der Waals surface area contributed by atoms with Gasteiger partial charge in [0.2, 0.25) is 10.0 Å². The molecule has 96 valence electrons. The smallest absolute Gasteiger partial charge is 0.257 e. The molecule has 2 aromatic rings. The first-order valence-corrected chi connectivity index (χ1v) is 7.12. The van der Waals surface area contributed by atoms with Crippen molar-refractivity contribution >= 4 is 26.8 Å². The van der Waals surface area contributed by atoms with Gasteiger partial charge in [0.25, 0.3) is 5.91 Å². The van der Waals surface area contributed by atoms with E-state index in [-0.39, 0.29) is 6.54 Å². The molecule has 0 spiro atoms. The molecular weight excluding hydrogens is 254 g/mol. The molecule has 0 saturated carbocycles. The second-order valence-corrected chi connectivity index (χ2v) is 6.00. The quantitative estimate of drug-likeness (QED) is 0.809. The molecule has 1 heterocycles. The van der Waals surface area contributed by atoms with E-state index in [4.69, 9.17) is 0 Å². The van der Waals surface area contributed by atoms with Gasteiger partial charge in [0.05, 0.1) is 18.0 Å². The van der Waals surface area contributed by atoms with Crippen molar-refractivity contribution in [1.82, 2.24) is 14.1 Å². The number of sulfonamides is 1. The highest BCUT2D eigenvalue weighted by atomic mass is 32.2. The minimum atomic E-state index is -3.52. The van der Waals surface area contributed by atoms with Gasteiger partial charge in [-0.25, -0.2) is 12.7 Å². The molecule has 0 N–H and O–H groups in total. The molecule has 1 amide bonds. The summed E-state index contributed by atoms with van der Waals surface area (Å²) >= 11 is 0. The molecule has 18 heavy (non-hydrogen) atoms. The third-order valence-corrected chi connectivity index (χ3v) is 3.88. The van der Waals surface area contributed by atoms with E-state index in [1.807, 2.05) is 24.3 Å². The lowest BCUT2D eigenvalue weighted by atomic mass is 10.2. The SMILES string of the molecule is CN(C(=O)Cn1ncc2ccccc21)S(C)(=O)=O. The Morgan fingerprint density at radius 2 is 2.06 bits per heavy atom. The molecule has 2 rings (SSSR count). The molecule has 0 bridgehead atoms. The molecule has 0 atom stereocenters. The van der Waals surface area contributed by atoms with Gasteiger partial charge < -0.3 is 0 Å². The van der Waals surface area contributed by atoms with Gasteiger partial charge in [-0.1, -0.05) is 18.2 Å². The lowest BCUT2D eigenvalue weighted by Gasteiger charge is -2.14. The van der Waals surface area contributed by atoms with Gasteiger partial charge in [0, 0.05) is 12.4 Å². The maximum atomic E-state index is 11.8. The number of carbonyl (C=O) groups is 1. The molecule has 0 aliphatic heterocycles. The summed E-state index contributed by atoms with van der Waals surface area (Å²) < 4.78 is 24.7. The first kappa shape index (κ1) is 12.6. The minimum absolute atomic E-state index is 0.100. The van der Waals surface area contributed by atoms with Crippen molar-refractivity contribution in [3.05, 3.63) is 30.5 Å². The van der Waals surface area contributed by atoms with Crippen molar-refractivity contribution in [2.75, 3.05) is 13.3 Å². The molecule has 0 radical (unpaired) electrons. The highest BCUT2D eigenvalue weighted by Crippen LogP contribution is 2.12. The van der Waals surface area contributed by atoms with Crippen LogP contribution >= 0.6 is 0 Å². The summed E-state index contributed by atoms with van der Waals surface area (Å²) in [6.07, 6.45) is 2.63. The number of carbonyl (C=O) groups excluding carboxylic acids is 1. The van der Waals surface area contributed by atoms with Crippen LogP contribution in [0.3, 0.4) is 0 Å². The number of amides is 1. The lowest BCUT2D eigenvalue weighted by Crippen LogP contribution is -2.35. The third-order valence-electron chi connectivity index (χ3n) is 2.68. The van der Waals surface area contributed by atoms with Crippen molar-refractivity contribution in [2.24, 2.45) is 0 Å². The number of likely N-dealkylation sites (N-methyl/N-ethyl adjacent to an activating group) is 1. The van der Waals surface area contributed by atoms with E-state index in [2.05, 4.69) is 5.10 Å². The first-order valence-electron chi connectivity index (χ1n) is 5.27. The molecule has 0 aliphatic rings. The van der Waals surface area contributed by atoms with Crippen LogP contribution in [0.15, 0.2) is 30.5 Å². The van der Waals surface area contributed by atoms with E-state index >= 15 is 0 Å². The summed E-state index contributed by atoms with van der Waals surface area (Å²) in [5.74, 6) is -0.522. The zero-order valence-electron chi connectivity index (χ0n) is 10.1. The summed E-state index contributed by atoms with van der Waals surface area (Å²) in [5, 5.41) is 4.98. The Bertz CT molecular complexity index is 690. The van der Waals surface area contributed by atoms with E-state index in [0.29, 0.717) is 0 Å². The minimum Gasteiger partial charge on any atom is -0.272 e.